The van der Waals surface area contributed by atoms with Gasteiger partial charge in [0, 0.05) is 11.1 Å². The highest BCUT2D eigenvalue weighted by molar-refractivity contribution is 7.82. The summed E-state index contributed by atoms with van der Waals surface area (Å²) in [6.07, 6.45) is 0. The molecule has 5 nitrogen and oxygen atoms in total. The smallest absolute Gasteiger partial charge is 0.337 e. The second-order valence-electron chi connectivity index (χ2n) is 4.37. The third kappa shape index (κ3) is 2.72. The van der Waals surface area contributed by atoms with Gasteiger partial charge in [0.1, 0.15) is 5.82 Å². The number of benzene rings is 2. The Balaban J connectivity index is 1.87. The molecule has 0 radical (unpaired) electrons. The Morgan fingerprint density at radius 3 is 2.86 bits per heavy atom. The summed E-state index contributed by atoms with van der Waals surface area (Å²) in [7, 11) is 0. The van der Waals surface area contributed by atoms with Gasteiger partial charge in [0.25, 0.3) is 0 Å². The molecule has 0 aliphatic rings. The molecule has 0 saturated carbocycles. The SMILES string of the molecule is O=C(Nc1ccccc1F)N(S)c1noc2cc(Cl)ccc12. The number of halogens is 2. The summed E-state index contributed by atoms with van der Waals surface area (Å²) in [5, 5.41) is 7.23. The van der Waals surface area contributed by atoms with E-state index in [9.17, 15) is 9.18 Å². The van der Waals surface area contributed by atoms with Crippen molar-refractivity contribution in [2.75, 3.05) is 9.62 Å². The van der Waals surface area contributed by atoms with Gasteiger partial charge in [0.2, 0.25) is 0 Å². The Morgan fingerprint density at radius 1 is 1.32 bits per heavy atom. The van der Waals surface area contributed by atoms with Gasteiger partial charge in [-0.1, -0.05) is 41.7 Å². The van der Waals surface area contributed by atoms with E-state index in [4.69, 9.17) is 16.1 Å². The van der Waals surface area contributed by atoms with Gasteiger partial charge in [-0.15, -0.1) is 0 Å². The fourth-order valence-electron chi connectivity index (χ4n) is 1.88. The van der Waals surface area contributed by atoms with Gasteiger partial charge in [0.15, 0.2) is 11.4 Å². The first-order valence-corrected chi connectivity index (χ1v) is 6.93. The molecular weight excluding hydrogens is 329 g/mol. The van der Waals surface area contributed by atoms with Crippen molar-refractivity contribution < 1.29 is 13.7 Å². The number of amides is 2. The standard InChI is InChI=1S/C14H9ClFN3O2S/c15-8-5-6-9-12(7-8)21-18-13(9)19(22)14(20)17-11-4-2-1-3-10(11)16/h1-7,22H,(H,17,20). The van der Waals surface area contributed by atoms with Crippen molar-refractivity contribution in [1.29, 1.82) is 0 Å². The number of para-hydroxylation sites is 1. The van der Waals surface area contributed by atoms with E-state index in [-0.39, 0.29) is 11.5 Å². The summed E-state index contributed by atoms with van der Waals surface area (Å²) in [4.78, 5) is 12.1. The van der Waals surface area contributed by atoms with E-state index in [1.54, 1.807) is 24.3 Å². The first-order valence-electron chi connectivity index (χ1n) is 6.15. The fourth-order valence-corrected chi connectivity index (χ4v) is 2.23. The van der Waals surface area contributed by atoms with E-state index in [0.29, 0.717) is 16.0 Å². The first kappa shape index (κ1) is 14.7. The highest BCUT2D eigenvalue weighted by Crippen LogP contribution is 2.29. The molecule has 3 rings (SSSR count). The summed E-state index contributed by atoms with van der Waals surface area (Å²) >= 11 is 9.94. The van der Waals surface area contributed by atoms with E-state index in [2.05, 4.69) is 23.3 Å². The Morgan fingerprint density at radius 2 is 2.09 bits per heavy atom. The van der Waals surface area contributed by atoms with Gasteiger partial charge >= 0.3 is 6.03 Å². The molecule has 0 aliphatic heterocycles. The molecular formula is C14H9ClFN3O2S. The van der Waals surface area contributed by atoms with E-state index >= 15 is 0 Å². The van der Waals surface area contributed by atoms with Crippen LogP contribution in [0, 0.1) is 5.82 Å². The minimum absolute atomic E-state index is 0.0439. The number of thiol groups is 1. The maximum Gasteiger partial charge on any atom is 0.337 e. The van der Waals surface area contributed by atoms with Gasteiger partial charge in [-0.05, 0) is 24.3 Å². The molecule has 0 bridgehead atoms. The van der Waals surface area contributed by atoms with Gasteiger partial charge in [-0.3, -0.25) is 0 Å². The van der Waals surface area contributed by atoms with Crippen LogP contribution in [0.5, 0.6) is 0 Å². The van der Waals surface area contributed by atoms with Crippen LogP contribution in [0.15, 0.2) is 47.0 Å². The molecule has 1 heterocycles. The molecule has 8 heteroatoms. The lowest BCUT2D eigenvalue weighted by Gasteiger charge is -2.14. The topological polar surface area (TPSA) is 58.4 Å². The van der Waals surface area contributed by atoms with Gasteiger partial charge in [-0.2, -0.15) is 0 Å². The maximum absolute atomic E-state index is 13.5. The van der Waals surface area contributed by atoms with Crippen molar-refractivity contribution >= 4 is 52.9 Å². The second kappa shape index (κ2) is 5.86. The predicted octanol–water partition coefficient (Wildman–Crippen LogP) is 4.50. The summed E-state index contributed by atoms with van der Waals surface area (Å²) in [5.41, 5.74) is 0.461. The largest absolute Gasteiger partial charge is 0.354 e. The summed E-state index contributed by atoms with van der Waals surface area (Å²) < 4.78 is 19.6. The molecule has 3 aromatic rings. The number of carbonyl (C=O) groups is 1. The molecule has 0 atom stereocenters. The Kier molecular flexibility index (Phi) is 3.91. The van der Waals surface area contributed by atoms with Crippen LogP contribution in [0.4, 0.5) is 20.7 Å². The zero-order valence-electron chi connectivity index (χ0n) is 11.0. The number of hydrogen-bond donors (Lipinski definition) is 2. The number of aromatic nitrogens is 1. The monoisotopic (exact) mass is 337 g/mol. The zero-order valence-corrected chi connectivity index (χ0v) is 12.6. The maximum atomic E-state index is 13.5. The van der Waals surface area contributed by atoms with Crippen molar-refractivity contribution in [3.63, 3.8) is 0 Å². The van der Waals surface area contributed by atoms with Crippen molar-refractivity contribution in [2.24, 2.45) is 0 Å². The second-order valence-corrected chi connectivity index (χ2v) is 5.20. The Hall–Kier alpha value is -2.25. The number of carbonyl (C=O) groups excluding carboxylic acids is 1. The number of anilines is 2. The van der Waals surface area contributed by atoms with Crippen LogP contribution in [0.2, 0.25) is 5.02 Å². The molecule has 112 valence electrons. The summed E-state index contributed by atoms with van der Waals surface area (Å²) in [6, 6.07) is 10.0. The van der Waals surface area contributed by atoms with Crippen molar-refractivity contribution in [3.8, 4) is 0 Å². The lowest BCUT2D eigenvalue weighted by atomic mass is 10.2. The minimum atomic E-state index is -0.668. The van der Waals surface area contributed by atoms with Crippen molar-refractivity contribution in [3.05, 3.63) is 53.3 Å². The normalized spacial score (nSPS) is 10.7. The van der Waals surface area contributed by atoms with Gasteiger partial charge in [-0.25, -0.2) is 13.5 Å². The number of urea groups is 1. The number of hydrogen-bond acceptors (Lipinski definition) is 4. The molecule has 0 saturated heterocycles. The lowest BCUT2D eigenvalue weighted by Crippen LogP contribution is -2.27. The quantitative estimate of drug-likeness (QED) is 0.677. The van der Waals surface area contributed by atoms with Crippen LogP contribution in [0.3, 0.4) is 0 Å². The van der Waals surface area contributed by atoms with Crippen LogP contribution in [0.25, 0.3) is 11.0 Å². The third-order valence-corrected chi connectivity index (χ3v) is 3.53. The number of nitrogens with one attached hydrogen (secondary N) is 1. The van der Waals surface area contributed by atoms with Crippen LogP contribution >= 0.6 is 24.4 Å². The van der Waals surface area contributed by atoms with E-state index in [1.807, 2.05) is 0 Å². The average Bonchev–Trinajstić information content (AvgIpc) is 2.91. The van der Waals surface area contributed by atoms with E-state index < -0.39 is 11.8 Å². The van der Waals surface area contributed by atoms with Crippen molar-refractivity contribution in [1.82, 2.24) is 5.16 Å². The van der Waals surface area contributed by atoms with Gasteiger partial charge in [0.05, 0.1) is 11.1 Å². The van der Waals surface area contributed by atoms with E-state index in [0.717, 1.165) is 4.31 Å². The summed E-state index contributed by atoms with van der Waals surface area (Å²) in [6.45, 7) is 0. The fraction of sp³-hybridized carbons (Fsp3) is 0. The highest BCUT2D eigenvalue weighted by atomic mass is 35.5. The van der Waals surface area contributed by atoms with Crippen LogP contribution < -0.4 is 9.62 Å². The van der Waals surface area contributed by atoms with Gasteiger partial charge < -0.3 is 9.84 Å². The third-order valence-electron chi connectivity index (χ3n) is 2.92. The molecule has 2 amide bonds. The minimum Gasteiger partial charge on any atom is -0.354 e. The average molecular weight is 338 g/mol. The summed E-state index contributed by atoms with van der Waals surface area (Å²) in [5.74, 6) is -0.363. The van der Waals surface area contributed by atoms with Crippen LogP contribution in [-0.2, 0) is 0 Å². The number of fused-ring (bicyclic) bond motifs is 1. The number of nitrogens with zero attached hydrogens (tertiary/aromatic N) is 2. The predicted molar refractivity (Wildman–Crippen MR) is 85.9 cm³/mol. The van der Waals surface area contributed by atoms with Crippen molar-refractivity contribution in [2.45, 2.75) is 0 Å². The molecule has 22 heavy (non-hydrogen) atoms. The lowest BCUT2D eigenvalue weighted by molar-refractivity contribution is 0.260. The molecule has 0 aliphatic carbocycles. The Labute approximate surface area is 135 Å². The molecule has 0 spiro atoms. The molecule has 0 fully saturated rings. The van der Waals surface area contributed by atoms with Crippen LogP contribution in [-0.4, -0.2) is 11.2 Å². The highest BCUT2D eigenvalue weighted by Gasteiger charge is 2.20. The first-order chi connectivity index (χ1) is 10.6. The molecule has 1 N–H and O–H groups in total. The Bertz CT molecular complexity index is 855. The molecule has 1 aromatic heterocycles. The van der Waals surface area contributed by atoms with E-state index in [1.165, 1.54) is 18.2 Å². The number of rotatable bonds is 2. The molecule has 2 aromatic carbocycles. The zero-order chi connectivity index (χ0) is 15.7. The molecule has 0 unspecified atom stereocenters. The van der Waals surface area contributed by atoms with Crippen LogP contribution in [0.1, 0.15) is 0 Å².